The van der Waals surface area contributed by atoms with Crippen molar-refractivity contribution in [3.63, 3.8) is 0 Å². The van der Waals surface area contributed by atoms with Crippen LogP contribution in [0.2, 0.25) is 10.0 Å². The first-order valence-corrected chi connectivity index (χ1v) is 8.73. The van der Waals surface area contributed by atoms with Gasteiger partial charge in [-0.05, 0) is 17.7 Å². The Bertz CT molecular complexity index is 1060. The van der Waals surface area contributed by atoms with Crippen LogP contribution in [0.4, 0.5) is 5.82 Å². The Labute approximate surface area is 159 Å². The molecule has 7 heteroatoms. The summed E-state index contributed by atoms with van der Waals surface area (Å²) in [6.07, 6.45) is 0.139. The number of anilines is 1. The van der Waals surface area contributed by atoms with E-state index >= 15 is 0 Å². The van der Waals surface area contributed by atoms with Crippen LogP contribution in [0.3, 0.4) is 0 Å². The fourth-order valence-electron chi connectivity index (χ4n) is 3.12. The van der Waals surface area contributed by atoms with Crippen molar-refractivity contribution in [1.29, 1.82) is 0 Å². The van der Waals surface area contributed by atoms with E-state index < -0.39 is 5.92 Å². The van der Waals surface area contributed by atoms with Gasteiger partial charge in [-0.2, -0.15) is 0 Å². The molecule has 26 heavy (non-hydrogen) atoms. The highest BCUT2D eigenvalue weighted by Crippen LogP contribution is 2.36. The number of aromatic amines is 1. The number of rotatable bonds is 2. The van der Waals surface area contributed by atoms with Gasteiger partial charge in [0.05, 0.1) is 15.6 Å². The lowest BCUT2D eigenvalue weighted by Gasteiger charge is -2.24. The average molecular weight is 386 g/mol. The number of amides is 1. The zero-order valence-electron chi connectivity index (χ0n) is 13.4. The van der Waals surface area contributed by atoms with Crippen LogP contribution in [0.5, 0.6) is 0 Å². The van der Waals surface area contributed by atoms with E-state index in [1.807, 2.05) is 30.3 Å². The topological polar surface area (TPSA) is 74.8 Å². The van der Waals surface area contributed by atoms with Crippen LogP contribution in [0, 0.1) is 0 Å². The molecule has 0 spiro atoms. The standard InChI is InChI=1S/C19H13Cl2N3O2/c20-13-7-6-11(8-14(13)21)12-9-15(25)22-18-16(12)19(26)24-17(23-18)10-4-2-1-3-5-10/h1-8,12H,9H2,(H2,22,23,24,25,26). The normalized spacial score (nSPS) is 16.1. The highest BCUT2D eigenvalue weighted by Gasteiger charge is 2.31. The molecule has 0 aliphatic carbocycles. The second kappa shape index (κ2) is 6.59. The van der Waals surface area contributed by atoms with Gasteiger partial charge in [0, 0.05) is 17.9 Å². The lowest BCUT2D eigenvalue weighted by atomic mass is 9.87. The molecule has 130 valence electrons. The van der Waals surface area contributed by atoms with Crippen LogP contribution in [0.15, 0.2) is 53.3 Å². The number of halogens is 2. The Balaban J connectivity index is 1.86. The first-order chi connectivity index (χ1) is 12.5. The molecular formula is C19H13Cl2N3O2. The minimum atomic E-state index is -0.436. The van der Waals surface area contributed by atoms with Crippen molar-refractivity contribution in [1.82, 2.24) is 9.97 Å². The van der Waals surface area contributed by atoms with Gasteiger partial charge in [0.25, 0.3) is 5.56 Å². The zero-order chi connectivity index (χ0) is 18.3. The molecule has 1 unspecified atom stereocenters. The number of H-pyrrole nitrogens is 1. The van der Waals surface area contributed by atoms with E-state index in [9.17, 15) is 9.59 Å². The van der Waals surface area contributed by atoms with Crippen molar-refractivity contribution in [2.24, 2.45) is 0 Å². The average Bonchev–Trinajstić information content (AvgIpc) is 2.63. The molecule has 2 aromatic carbocycles. The molecular weight excluding hydrogens is 373 g/mol. The van der Waals surface area contributed by atoms with Crippen molar-refractivity contribution < 1.29 is 4.79 Å². The summed E-state index contributed by atoms with van der Waals surface area (Å²) in [5, 5.41) is 3.50. The molecule has 3 aromatic rings. The number of nitrogens with zero attached hydrogens (tertiary/aromatic N) is 1. The van der Waals surface area contributed by atoms with Gasteiger partial charge in [-0.3, -0.25) is 9.59 Å². The molecule has 1 atom stereocenters. The van der Waals surface area contributed by atoms with E-state index in [1.54, 1.807) is 18.2 Å². The maximum absolute atomic E-state index is 12.8. The van der Waals surface area contributed by atoms with Crippen molar-refractivity contribution >= 4 is 34.9 Å². The fourth-order valence-corrected chi connectivity index (χ4v) is 3.42. The molecule has 1 aliphatic rings. The number of carbonyl (C=O) groups excluding carboxylic acids is 1. The molecule has 1 amide bonds. The molecule has 2 N–H and O–H groups in total. The van der Waals surface area contributed by atoms with E-state index in [2.05, 4.69) is 15.3 Å². The Morgan fingerprint density at radius 3 is 2.50 bits per heavy atom. The molecule has 4 rings (SSSR count). The molecule has 2 heterocycles. The first kappa shape index (κ1) is 16.8. The summed E-state index contributed by atoms with van der Waals surface area (Å²) >= 11 is 12.1. The molecule has 0 saturated heterocycles. The highest BCUT2D eigenvalue weighted by molar-refractivity contribution is 6.42. The zero-order valence-corrected chi connectivity index (χ0v) is 14.9. The van der Waals surface area contributed by atoms with Gasteiger partial charge in [-0.15, -0.1) is 0 Å². The van der Waals surface area contributed by atoms with Crippen molar-refractivity contribution in [3.8, 4) is 11.4 Å². The Morgan fingerprint density at radius 1 is 1.00 bits per heavy atom. The lowest BCUT2D eigenvalue weighted by molar-refractivity contribution is -0.116. The third-order valence-corrected chi connectivity index (χ3v) is 5.08. The van der Waals surface area contributed by atoms with E-state index in [0.717, 1.165) is 11.1 Å². The van der Waals surface area contributed by atoms with Crippen molar-refractivity contribution in [2.75, 3.05) is 5.32 Å². The first-order valence-electron chi connectivity index (χ1n) is 7.97. The minimum Gasteiger partial charge on any atom is -0.310 e. The monoisotopic (exact) mass is 385 g/mol. The second-order valence-electron chi connectivity index (χ2n) is 6.02. The van der Waals surface area contributed by atoms with Crippen LogP contribution >= 0.6 is 23.2 Å². The maximum atomic E-state index is 12.8. The molecule has 0 fully saturated rings. The smallest absolute Gasteiger partial charge is 0.257 e. The molecule has 0 saturated carbocycles. The summed E-state index contributed by atoms with van der Waals surface area (Å²) < 4.78 is 0. The van der Waals surface area contributed by atoms with E-state index in [1.165, 1.54) is 0 Å². The summed E-state index contributed by atoms with van der Waals surface area (Å²) in [7, 11) is 0. The number of hydrogen-bond acceptors (Lipinski definition) is 3. The fraction of sp³-hybridized carbons (Fsp3) is 0.105. The molecule has 0 radical (unpaired) electrons. The third-order valence-electron chi connectivity index (χ3n) is 4.34. The molecule has 0 bridgehead atoms. The summed E-state index contributed by atoms with van der Waals surface area (Å²) in [5.41, 5.74) is 1.64. The van der Waals surface area contributed by atoms with Gasteiger partial charge in [-0.1, -0.05) is 59.6 Å². The maximum Gasteiger partial charge on any atom is 0.257 e. The van der Waals surface area contributed by atoms with Gasteiger partial charge in [0.1, 0.15) is 11.6 Å². The SMILES string of the molecule is O=C1CC(c2ccc(Cl)c(Cl)c2)c2c(nc(-c3ccccc3)[nH]c2=O)N1. The lowest BCUT2D eigenvalue weighted by Crippen LogP contribution is -2.31. The van der Waals surface area contributed by atoms with Gasteiger partial charge in [0.15, 0.2) is 0 Å². The van der Waals surface area contributed by atoms with Gasteiger partial charge in [-0.25, -0.2) is 4.98 Å². The second-order valence-corrected chi connectivity index (χ2v) is 6.84. The van der Waals surface area contributed by atoms with Crippen LogP contribution < -0.4 is 10.9 Å². The van der Waals surface area contributed by atoms with Gasteiger partial charge >= 0.3 is 0 Å². The van der Waals surface area contributed by atoms with Crippen molar-refractivity contribution in [3.05, 3.63) is 80.1 Å². The number of fused-ring (bicyclic) bond motifs is 1. The number of hydrogen-bond donors (Lipinski definition) is 2. The van der Waals surface area contributed by atoms with Crippen LogP contribution in [0.1, 0.15) is 23.5 Å². The van der Waals surface area contributed by atoms with E-state index in [0.29, 0.717) is 21.4 Å². The Morgan fingerprint density at radius 2 is 1.77 bits per heavy atom. The number of benzene rings is 2. The third kappa shape index (κ3) is 3.00. The summed E-state index contributed by atoms with van der Waals surface area (Å²) in [6.45, 7) is 0. The van der Waals surface area contributed by atoms with Crippen LogP contribution in [-0.2, 0) is 4.79 Å². The molecule has 1 aromatic heterocycles. The van der Waals surface area contributed by atoms with Crippen LogP contribution in [0.25, 0.3) is 11.4 Å². The summed E-state index contributed by atoms with van der Waals surface area (Å²) in [5.74, 6) is 0.0460. The largest absolute Gasteiger partial charge is 0.310 e. The number of nitrogens with one attached hydrogen (secondary N) is 2. The Kier molecular flexibility index (Phi) is 4.26. The van der Waals surface area contributed by atoms with Crippen molar-refractivity contribution in [2.45, 2.75) is 12.3 Å². The summed E-state index contributed by atoms with van der Waals surface area (Å²) in [4.78, 5) is 32.3. The van der Waals surface area contributed by atoms with E-state index in [-0.39, 0.29) is 23.7 Å². The van der Waals surface area contributed by atoms with Gasteiger partial charge < -0.3 is 10.3 Å². The quantitative estimate of drug-likeness (QED) is 0.693. The van der Waals surface area contributed by atoms with Crippen LogP contribution in [-0.4, -0.2) is 15.9 Å². The predicted octanol–water partition coefficient (Wildman–Crippen LogP) is 4.22. The van der Waals surface area contributed by atoms with E-state index in [4.69, 9.17) is 23.2 Å². The number of aromatic nitrogens is 2. The molecule has 5 nitrogen and oxygen atoms in total. The minimum absolute atomic E-state index is 0.139. The highest BCUT2D eigenvalue weighted by atomic mass is 35.5. The number of carbonyl (C=O) groups is 1. The molecule has 1 aliphatic heterocycles. The van der Waals surface area contributed by atoms with Gasteiger partial charge in [0.2, 0.25) is 5.91 Å². The predicted molar refractivity (Wildman–Crippen MR) is 102 cm³/mol. The summed E-state index contributed by atoms with van der Waals surface area (Å²) in [6, 6.07) is 14.4. The Hall–Kier alpha value is -2.63.